The lowest BCUT2D eigenvalue weighted by Crippen LogP contribution is -2.37. The molecule has 4 heteroatoms. The highest BCUT2D eigenvalue weighted by atomic mass is 16.2. The number of aromatic nitrogens is 1. The molecule has 2 rings (SSSR count). The van der Waals surface area contributed by atoms with Crippen molar-refractivity contribution in [3.8, 4) is 0 Å². The van der Waals surface area contributed by atoms with Crippen LogP contribution in [0.4, 0.5) is 0 Å². The summed E-state index contributed by atoms with van der Waals surface area (Å²) >= 11 is 0. The van der Waals surface area contributed by atoms with Crippen molar-refractivity contribution in [1.82, 2.24) is 9.88 Å². The molecule has 1 saturated heterocycles. The van der Waals surface area contributed by atoms with Gasteiger partial charge in [0, 0.05) is 30.9 Å². The number of nitrogens with one attached hydrogen (secondary N) is 1. The number of amides is 1. The lowest BCUT2D eigenvalue weighted by molar-refractivity contribution is -0.135. The van der Waals surface area contributed by atoms with E-state index in [-0.39, 0.29) is 17.9 Å². The minimum Gasteiger partial charge on any atom is -0.363 e. The summed E-state index contributed by atoms with van der Waals surface area (Å²) in [7, 11) is 0. The first-order valence-corrected chi connectivity index (χ1v) is 5.88. The molecule has 0 spiro atoms. The number of aromatic amines is 1. The van der Waals surface area contributed by atoms with Crippen molar-refractivity contribution < 1.29 is 4.79 Å². The van der Waals surface area contributed by atoms with Crippen LogP contribution in [0.2, 0.25) is 0 Å². The van der Waals surface area contributed by atoms with Gasteiger partial charge in [0.25, 0.3) is 0 Å². The molecule has 2 unspecified atom stereocenters. The van der Waals surface area contributed by atoms with Crippen LogP contribution in [0.1, 0.15) is 31.5 Å². The molecule has 2 heterocycles. The highest BCUT2D eigenvalue weighted by Crippen LogP contribution is 2.31. The molecule has 0 aromatic carbocycles. The second kappa shape index (κ2) is 4.70. The van der Waals surface area contributed by atoms with Gasteiger partial charge in [0.15, 0.2) is 0 Å². The van der Waals surface area contributed by atoms with E-state index in [0.717, 1.165) is 25.1 Å². The Morgan fingerprint density at radius 2 is 2.56 bits per heavy atom. The average molecular weight is 221 g/mol. The van der Waals surface area contributed by atoms with Gasteiger partial charge in [0.05, 0.1) is 6.04 Å². The van der Waals surface area contributed by atoms with Crippen molar-refractivity contribution in [2.24, 2.45) is 11.7 Å². The van der Waals surface area contributed by atoms with Crippen LogP contribution in [0.3, 0.4) is 0 Å². The van der Waals surface area contributed by atoms with Gasteiger partial charge in [-0.3, -0.25) is 4.79 Å². The topological polar surface area (TPSA) is 62.1 Å². The average Bonchev–Trinajstić information content (AvgIpc) is 2.95. The van der Waals surface area contributed by atoms with E-state index in [9.17, 15) is 4.79 Å². The summed E-state index contributed by atoms with van der Waals surface area (Å²) in [6.07, 6.45) is 4.03. The smallest absolute Gasteiger partial charge is 0.227 e. The largest absolute Gasteiger partial charge is 0.363 e. The van der Waals surface area contributed by atoms with Crippen molar-refractivity contribution >= 4 is 5.91 Å². The van der Waals surface area contributed by atoms with Crippen LogP contribution in [-0.2, 0) is 4.79 Å². The molecule has 1 aliphatic rings. The third-order valence-corrected chi connectivity index (χ3v) is 3.29. The molecule has 88 valence electrons. The van der Waals surface area contributed by atoms with Crippen molar-refractivity contribution in [3.63, 3.8) is 0 Å². The van der Waals surface area contributed by atoms with Crippen molar-refractivity contribution in [3.05, 3.63) is 24.0 Å². The van der Waals surface area contributed by atoms with Crippen LogP contribution in [0, 0.1) is 5.92 Å². The summed E-state index contributed by atoms with van der Waals surface area (Å²) in [5.74, 6) is 0.107. The van der Waals surface area contributed by atoms with E-state index < -0.39 is 0 Å². The molecule has 0 aliphatic carbocycles. The predicted molar refractivity (Wildman–Crippen MR) is 62.7 cm³/mol. The second-order valence-corrected chi connectivity index (χ2v) is 4.45. The van der Waals surface area contributed by atoms with E-state index in [0.29, 0.717) is 6.54 Å². The fourth-order valence-corrected chi connectivity index (χ4v) is 2.29. The number of hydrogen-bond donors (Lipinski definition) is 2. The number of H-pyrrole nitrogens is 1. The Morgan fingerprint density at radius 3 is 3.19 bits per heavy atom. The Kier molecular flexibility index (Phi) is 3.29. The highest BCUT2D eigenvalue weighted by Gasteiger charge is 2.32. The zero-order valence-electron chi connectivity index (χ0n) is 9.65. The molecular weight excluding hydrogens is 202 g/mol. The van der Waals surface area contributed by atoms with Gasteiger partial charge >= 0.3 is 0 Å². The maximum Gasteiger partial charge on any atom is 0.227 e. The Hall–Kier alpha value is -1.29. The monoisotopic (exact) mass is 221 g/mol. The molecule has 3 N–H and O–H groups in total. The number of hydrogen-bond acceptors (Lipinski definition) is 2. The summed E-state index contributed by atoms with van der Waals surface area (Å²) < 4.78 is 0. The van der Waals surface area contributed by atoms with Gasteiger partial charge in [-0.2, -0.15) is 0 Å². The molecule has 0 radical (unpaired) electrons. The first-order valence-electron chi connectivity index (χ1n) is 5.88. The van der Waals surface area contributed by atoms with E-state index in [1.165, 1.54) is 0 Å². The Labute approximate surface area is 95.8 Å². The minimum absolute atomic E-state index is 0.0736. The fraction of sp³-hybridized carbons (Fsp3) is 0.583. The molecular formula is C12H19N3O. The Morgan fingerprint density at radius 1 is 1.75 bits per heavy atom. The minimum atomic E-state index is -0.0736. The van der Waals surface area contributed by atoms with E-state index >= 15 is 0 Å². The van der Waals surface area contributed by atoms with Gasteiger partial charge in [0.1, 0.15) is 0 Å². The third-order valence-electron chi connectivity index (χ3n) is 3.29. The quantitative estimate of drug-likeness (QED) is 0.807. The van der Waals surface area contributed by atoms with Gasteiger partial charge in [0.2, 0.25) is 5.91 Å². The molecule has 1 aliphatic heterocycles. The van der Waals surface area contributed by atoms with Crippen molar-refractivity contribution in [2.75, 3.05) is 13.1 Å². The third kappa shape index (κ3) is 1.97. The summed E-state index contributed by atoms with van der Waals surface area (Å²) in [6, 6.07) is 4.24. The molecule has 0 saturated carbocycles. The van der Waals surface area contributed by atoms with Gasteiger partial charge in [-0.1, -0.05) is 6.92 Å². The summed E-state index contributed by atoms with van der Waals surface area (Å²) in [6.45, 7) is 3.17. The maximum atomic E-state index is 12.1. The lowest BCUT2D eigenvalue weighted by atomic mass is 10.1. The van der Waals surface area contributed by atoms with Crippen LogP contribution in [-0.4, -0.2) is 28.9 Å². The molecule has 1 aromatic rings. The number of likely N-dealkylation sites (tertiary alicyclic amines) is 1. The van der Waals surface area contributed by atoms with Crippen LogP contribution < -0.4 is 5.73 Å². The number of nitrogens with two attached hydrogens (primary N) is 1. The van der Waals surface area contributed by atoms with Gasteiger partial charge in [-0.15, -0.1) is 0 Å². The number of nitrogens with zero attached hydrogens (tertiary/aromatic N) is 1. The van der Waals surface area contributed by atoms with Crippen molar-refractivity contribution in [1.29, 1.82) is 0 Å². The molecule has 0 bridgehead atoms. The SMILES string of the molecule is CC(CN)C(=O)N1CCCC1c1ccc[nH]1. The summed E-state index contributed by atoms with van der Waals surface area (Å²) in [5.41, 5.74) is 6.68. The summed E-state index contributed by atoms with van der Waals surface area (Å²) in [5, 5.41) is 0. The van der Waals surface area contributed by atoms with E-state index in [4.69, 9.17) is 5.73 Å². The first kappa shape index (κ1) is 11.2. The normalized spacial score (nSPS) is 22.4. The van der Waals surface area contributed by atoms with Crippen LogP contribution in [0.15, 0.2) is 18.3 Å². The number of carbonyl (C=O) groups is 1. The predicted octanol–water partition coefficient (Wildman–Crippen LogP) is 1.27. The van der Waals surface area contributed by atoms with E-state index in [1.807, 2.05) is 30.2 Å². The number of carbonyl (C=O) groups excluding carboxylic acids is 1. The highest BCUT2D eigenvalue weighted by molar-refractivity contribution is 5.79. The lowest BCUT2D eigenvalue weighted by Gasteiger charge is -2.26. The summed E-state index contributed by atoms with van der Waals surface area (Å²) in [4.78, 5) is 17.3. The van der Waals surface area contributed by atoms with Crippen LogP contribution in [0.5, 0.6) is 0 Å². The van der Waals surface area contributed by atoms with Gasteiger partial charge in [-0.25, -0.2) is 0 Å². The van der Waals surface area contributed by atoms with Crippen LogP contribution in [0.25, 0.3) is 0 Å². The van der Waals surface area contributed by atoms with E-state index in [2.05, 4.69) is 4.98 Å². The number of rotatable bonds is 3. The molecule has 2 atom stereocenters. The Balaban J connectivity index is 2.12. The van der Waals surface area contributed by atoms with Gasteiger partial charge in [-0.05, 0) is 25.0 Å². The van der Waals surface area contributed by atoms with Crippen molar-refractivity contribution in [2.45, 2.75) is 25.8 Å². The van der Waals surface area contributed by atoms with Crippen LogP contribution >= 0.6 is 0 Å². The molecule has 1 amide bonds. The Bertz CT molecular complexity index is 347. The first-order chi connectivity index (χ1) is 7.74. The maximum absolute atomic E-state index is 12.1. The molecule has 1 aromatic heterocycles. The van der Waals surface area contributed by atoms with Gasteiger partial charge < -0.3 is 15.6 Å². The molecule has 4 nitrogen and oxygen atoms in total. The fourth-order valence-electron chi connectivity index (χ4n) is 2.29. The van der Waals surface area contributed by atoms with E-state index in [1.54, 1.807) is 0 Å². The second-order valence-electron chi connectivity index (χ2n) is 4.45. The molecule has 1 fully saturated rings. The molecule has 16 heavy (non-hydrogen) atoms. The zero-order valence-corrected chi connectivity index (χ0v) is 9.65. The standard InChI is InChI=1S/C12H19N3O/c1-9(8-13)12(16)15-7-3-5-11(15)10-4-2-6-14-10/h2,4,6,9,11,14H,3,5,7-8,13H2,1H3. The zero-order chi connectivity index (χ0) is 11.5.